The fraction of sp³-hybridized carbons (Fsp3) is 0.211. The molecule has 0 aliphatic heterocycles. The highest BCUT2D eigenvalue weighted by Crippen LogP contribution is 2.22. The number of thiazole rings is 1. The Hall–Kier alpha value is -2.34. The first kappa shape index (κ1) is 22.3. The number of carbonyl (C=O) groups excluding carboxylic acids is 2. The smallest absolute Gasteiger partial charge is 0.325 e. The zero-order valence-corrected chi connectivity index (χ0v) is 19.5. The lowest BCUT2D eigenvalue weighted by atomic mass is 10.2. The number of benzene rings is 2. The molecule has 158 valence electrons. The Kier molecular flexibility index (Phi) is 6.56. The highest BCUT2D eigenvalue weighted by atomic mass is 79.9. The van der Waals surface area contributed by atoms with Gasteiger partial charge in [-0.3, -0.25) is 9.59 Å². The van der Waals surface area contributed by atoms with Crippen molar-refractivity contribution in [1.82, 2.24) is 8.87 Å². The van der Waals surface area contributed by atoms with E-state index in [4.69, 9.17) is 4.74 Å². The summed E-state index contributed by atoms with van der Waals surface area (Å²) in [6, 6.07) is 11.1. The molecule has 1 amide bonds. The topological polar surface area (TPSA) is 98.0 Å². The summed E-state index contributed by atoms with van der Waals surface area (Å²) in [6.45, 7) is -0.0930. The highest BCUT2D eigenvalue weighted by Gasteiger charge is 2.18. The van der Waals surface area contributed by atoms with Crippen LogP contribution in [0.3, 0.4) is 0 Å². The van der Waals surface area contributed by atoms with Crippen LogP contribution in [-0.2, 0) is 26.1 Å². The van der Waals surface area contributed by atoms with Gasteiger partial charge in [-0.1, -0.05) is 27.3 Å². The molecule has 30 heavy (non-hydrogen) atoms. The summed E-state index contributed by atoms with van der Waals surface area (Å²) in [5.41, 5.74) is 0.975. The average Bonchev–Trinajstić information content (AvgIpc) is 3.03. The van der Waals surface area contributed by atoms with Crippen molar-refractivity contribution in [2.75, 3.05) is 21.2 Å². The number of rotatable bonds is 5. The minimum absolute atomic E-state index is 0.0801. The van der Waals surface area contributed by atoms with Crippen molar-refractivity contribution in [3.8, 4) is 0 Å². The summed E-state index contributed by atoms with van der Waals surface area (Å²) in [4.78, 5) is 29.1. The summed E-state index contributed by atoms with van der Waals surface area (Å²) in [5, 5.41) is 0. The van der Waals surface area contributed by atoms with Crippen molar-refractivity contribution < 1.29 is 22.7 Å². The molecule has 0 atom stereocenters. The van der Waals surface area contributed by atoms with Crippen LogP contribution < -0.4 is 4.80 Å². The normalized spacial score (nSPS) is 12.5. The lowest BCUT2D eigenvalue weighted by molar-refractivity contribution is -0.141. The van der Waals surface area contributed by atoms with Crippen LogP contribution in [0.4, 0.5) is 0 Å². The summed E-state index contributed by atoms with van der Waals surface area (Å²) < 4.78 is 33.5. The minimum atomic E-state index is -3.59. The van der Waals surface area contributed by atoms with E-state index in [1.54, 1.807) is 4.57 Å². The van der Waals surface area contributed by atoms with E-state index < -0.39 is 21.9 Å². The van der Waals surface area contributed by atoms with Gasteiger partial charge in [-0.15, -0.1) is 0 Å². The number of sulfonamides is 1. The third kappa shape index (κ3) is 4.53. The number of ether oxygens (including phenoxy) is 1. The van der Waals surface area contributed by atoms with Crippen LogP contribution in [0.25, 0.3) is 10.2 Å². The van der Waals surface area contributed by atoms with E-state index in [-0.39, 0.29) is 17.0 Å². The van der Waals surface area contributed by atoms with E-state index in [1.165, 1.54) is 56.8 Å². The molecule has 0 spiro atoms. The Morgan fingerprint density at radius 3 is 2.43 bits per heavy atom. The maximum absolute atomic E-state index is 12.7. The van der Waals surface area contributed by atoms with Gasteiger partial charge in [0.25, 0.3) is 5.91 Å². The van der Waals surface area contributed by atoms with Gasteiger partial charge in [0, 0.05) is 24.1 Å². The number of methoxy groups -OCH3 is 1. The van der Waals surface area contributed by atoms with Crippen LogP contribution in [0.2, 0.25) is 0 Å². The molecule has 0 saturated carbocycles. The average molecular weight is 512 g/mol. The molecule has 11 heteroatoms. The lowest BCUT2D eigenvalue weighted by Gasteiger charge is -2.11. The van der Waals surface area contributed by atoms with E-state index in [2.05, 4.69) is 20.9 Å². The van der Waals surface area contributed by atoms with Gasteiger partial charge in [0.15, 0.2) is 4.80 Å². The molecular formula is C19H18BrN3O5S2. The van der Waals surface area contributed by atoms with Gasteiger partial charge in [0.1, 0.15) is 6.54 Å². The van der Waals surface area contributed by atoms with Gasteiger partial charge in [-0.25, -0.2) is 12.7 Å². The van der Waals surface area contributed by atoms with Gasteiger partial charge < -0.3 is 9.30 Å². The lowest BCUT2D eigenvalue weighted by Crippen LogP contribution is -2.23. The van der Waals surface area contributed by atoms with Gasteiger partial charge >= 0.3 is 5.97 Å². The van der Waals surface area contributed by atoms with Crippen LogP contribution in [0, 0.1) is 0 Å². The zero-order valence-electron chi connectivity index (χ0n) is 16.3. The van der Waals surface area contributed by atoms with Crippen molar-refractivity contribution in [3.63, 3.8) is 0 Å². The highest BCUT2D eigenvalue weighted by molar-refractivity contribution is 9.10. The molecule has 0 aliphatic carbocycles. The van der Waals surface area contributed by atoms with Crippen molar-refractivity contribution in [2.45, 2.75) is 11.4 Å². The van der Waals surface area contributed by atoms with Crippen molar-refractivity contribution >= 4 is 59.4 Å². The molecule has 3 rings (SSSR count). The molecule has 0 unspecified atom stereocenters. The molecule has 0 N–H and O–H groups in total. The van der Waals surface area contributed by atoms with Gasteiger partial charge in [0.2, 0.25) is 10.0 Å². The monoisotopic (exact) mass is 511 g/mol. The van der Waals surface area contributed by atoms with E-state index in [9.17, 15) is 18.0 Å². The fourth-order valence-electron chi connectivity index (χ4n) is 2.61. The fourth-order valence-corrected chi connectivity index (χ4v) is 5.09. The number of nitrogens with zero attached hydrogens (tertiary/aromatic N) is 3. The molecule has 1 heterocycles. The van der Waals surface area contributed by atoms with Gasteiger partial charge in [-0.2, -0.15) is 4.99 Å². The van der Waals surface area contributed by atoms with Crippen LogP contribution in [0.15, 0.2) is 56.8 Å². The van der Waals surface area contributed by atoms with Crippen LogP contribution in [-0.4, -0.2) is 50.4 Å². The van der Waals surface area contributed by atoms with Crippen molar-refractivity contribution in [3.05, 3.63) is 57.3 Å². The van der Waals surface area contributed by atoms with E-state index >= 15 is 0 Å². The third-order valence-corrected chi connectivity index (χ3v) is 7.60. The summed E-state index contributed by atoms with van der Waals surface area (Å²) >= 11 is 4.67. The maximum Gasteiger partial charge on any atom is 0.325 e. The van der Waals surface area contributed by atoms with Crippen molar-refractivity contribution in [1.29, 1.82) is 0 Å². The van der Waals surface area contributed by atoms with E-state index in [0.29, 0.717) is 4.80 Å². The Morgan fingerprint density at radius 1 is 1.17 bits per heavy atom. The standard InChI is InChI=1S/C19H18BrN3O5S2/c1-22(2)30(26,27)14-7-4-12(5-8-14)18(25)21-19-23(11-17(24)28-3)15-9-6-13(20)10-16(15)29-19/h4-10H,11H2,1-3H3. The largest absolute Gasteiger partial charge is 0.468 e. The summed E-state index contributed by atoms with van der Waals surface area (Å²) in [6.07, 6.45) is 0. The van der Waals surface area contributed by atoms with Crippen molar-refractivity contribution in [2.24, 2.45) is 4.99 Å². The SMILES string of the molecule is COC(=O)Cn1c(=NC(=O)c2ccc(S(=O)(=O)N(C)C)cc2)sc2cc(Br)ccc21. The Balaban J connectivity index is 2.04. The quantitative estimate of drug-likeness (QED) is 0.490. The van der Waals surface area contributed by atoms with Gasteiger partial charge in [-0.05, 0) is 42.5 Å². The second-order valence-electron chi connectivity index (χ2n) is 6.39. The Morgan fingerprint density at radius 2 is 1.83 bits per heavy atom. The Labute approximate surface area is 185 Å². The third-order valence-electron chi connectivity index (χ3n) is 4.24. The summed E-state index contributed by atoms with van der Waals surface area (Å²) in [7, 11) is 0.570. The van der Waals surface area contributed by atoms with Crippen LogP contribution in [0.1, 0.15) is 10.4 Å². The zero-order chi connectivity index (χ0) is 22.1. The maximum atomic E-state index is 12.7. The molecule has 0 saturated heterocycles. The second-order valence-corrected chi connectivity index (χ2v) is 10.5. The molecule has 8 nitrogen and oxygen atoms in total. The molecular weight excluding hydrogens is 494 g/mol. The second kappa shape index (κ2) is 8.80. The molecule has 0 bridgehead atoms. The molecule has 0 fully saturated rings. The molecule has 2 aromatic carbocycles. The number of fused-ring (bicyclic) bond motifs is 1. The predicted octanol–water partition coefficient (Wildman–Crippen LogP) is 2.63. The predicted molar refractivity (Wildman–Crippen MR) is 117 cm³/mol. The first-order chi connectivity index (χ1) is 14.1. The van der Waals surface area contributed by atoms with Crippen LogP contribution in [0.5, 0.6) is 0 Å². The molecule has 3 aromatic rings. The number of esters is 1. The Bertz CT molecular complexity index is 1290. The molecule has 0 aliphatic rings. The number of amides is 1. The van der Waals surface area contributed by atoms with E-state index in [0.717, 1.165) is 19.0 Å². The number of hydrogen-bond acceptors (Lipinski definition) is 6. The number of carbonyl (C=O) groups is 2. The van der Waals surface area contributed by atoms with E-state index in [1.807, 2.05) is 18.2 Å². The first-order valence-corrected chi connectivity index (χ1v) is 11.7. The minimum Gasteiger partial charge on any atom is -0.468 e. The molecule has 1 aromatic heterocycles. The number of halogens is 1. The summed E-state index contributed by atoms with van der Waals surface area (Å²) in [5.74, 6) is -1.02. The first-order valence-electron chi connectivity index (χ1n) is 8.61. The molecule has 0 radical (unpaired) electrons. The van der Waals surface area contributed by atoms with Crippen LogP contribution >= 0.6 is 27.3 Å². The van der Waals surface area contributed by atoms with Gasteiger partial charge in [0.05, 0.1) is 22.2 Å². The number of aromatic nitrogens is 1. The number of hydrogen-bond donors (Lipinski definition) is 0.